The third kappa shape index (κ3) is 4.41. The third-order valence-electron chi connectivity index (χ3n) is 2.99. The summed E-state index contributed by atoms with van der Waals surface area (Å²) in [6.07, 6.45) is 1.89. The van der Waals surface area contributed by atoms with Crippen LogP contribution in [0.25, 0.3) is 0 Å². The molecule has 1 N–H and O–H groups in total. The van der Waals surface area contributed by atoms with Crippen molar-refractivity contribution in [3.8, 4) is 0 Å². The summed E-state index contributed by atoms with van der Waals surface area (Å²) in [7, 11) is -3.31. The van der Waals surface area contributed by atoms with Crippen LogP contribution in [-0.2, 0) is 16.3 Å². The summed E-state index contributed by atoms with van der Waals surface area (Å²) in [6.45, 7) is 1.93. The first kappa shape index (κ1) is 15.7. The normalized spacial score (nSPS) is 12.9. The van der Waals surface area contributed by atoms with E-state index in [9.17, 15) is 13.2 Å². The molecule has 112 valence electrons. The predicted molar refractivity (Wildman–Crippen MR) is 84.5 cm³/mol. The van der Waals surface area contributed by atoms with Gasteiger partial charge in [-0.05, 0) is 36.6 Å². The zero-order valence-electron chi connectivity index (χ0n) is 11.9. The van der Waals surface area contributed by atoms with Crippen molar-refractivity contribution in [2.45, 2.75) is 24.3 Å². The number of sulfone groups is 1. The Balaban J connectivity index is 2.06. The van der Waals surface area contributed by atoms with Crippen molar-refractivity contribution in [2.75, 3.05) is 6.26 Å². The van der Waals surface area contributed by atoms with Gasteiger partial charge in [0.1, 0.15) is 0 Å². The van der Waals surface area contributed by atoms with Gasteiger partial charge in [-0.3, -0.25) is 4.79 Å². The molecule has 0 unspecified atom stereocenters. The molecule has 4 nitrogen and oxygen atoms in total. The first-order valence-corrected chi connectivity index (χ1v) is 9.27. The highest BCUT2D eigenvalue weighted by Crippen LogP contribution is 2.13. The molecule has 1 aromatic carbocycles. The second-order valence-corrected chi connectivity index (χ2v) is 8.01. The summed E-state index contributed by atoms with van der Waals surface area (Å²) in [5.41, 5.74) is 0.357. The quantitative estimate of drug-likeness (QED) is 0.919. The molecule has 0 aliphatic rings. The van der Waals surface area contributed by atoms with Crippen molar-refractivity contribution in [1.29, 1.82) is 0 Å². The van der Waals surface area contributed by atoms with E-state index in [1.807, 2.05) is 24.4 Å². The zero-order valence-corrected chi connectivity index (χ0v) is 13.5. The molecule has 1 atom stereocenters. The minimum atomic E-state index is -3.31. The molecule has 0 bridgehead atoms. The Labute approximate surface area is 128 Å². The predicted octanol–water partition coefficient (Wildman–Crippen LogP) is 2.51. The fraction of sp³-hybridized carbons (Fsp3) is 0.267. The molecule has 0 aliphatic heterocycles. The Morgan fingerprint density at radius 2 is 2.05 bits per heavy atom. The van der Waals surface area contributed by atoms with Crippen molar-refractivity contribution in [2.24, 2.45) is 0 Å². The van der Waals surface area contributed by atoms with Crippen molar-refractivity contribution >= 4 is 27.1 Å². The Morgan fingerprint density at radius 3 is 2.67 bits per heavy atom. The number of benzene rings is 1. The summed E-state index contributed by atoms with van der Waals surface area (Å²) >= 11 is 1.65. The van der Waals surface area contributed by atoms with Crippen LogP contribution in [0.3, 0.4) is 0 Å². The Kier molecular flexibility index (Phi) is 4.80. The molecule has 1 amide bonds. The van der Waals surface area contributed by atoms with E-state index in [0.29, 0.717) is 5.56 Å². The van der Waals surface area contributed by atoms with Crippen molar-refractivity contribution in [3.05, 3.63) is 52.2 Å². The number of carbonyl (C=O) groups excluding carboxylic acids is 1. The molecule has 0 spiro atoms. The SMILES string of the molecule is C[C@H](Cc1cccs1)NC(=O)c1cccc(S(C)(=O)=O)c1. The van der Waals surface area contributed by atoms with Gasteiger partial charge in [0.2, 0.25) is 0 Å². The molecule has 0 saturated carbocycles. The topological polar surface area (TPSA) is 63.2 Å². The molecule has 0 saturated heterocycles. The van der Waals surface area contributed by atoms with E-state index in [4.69, 9.17) is 0 Å². The first-order valence-electron chi connectivity index (χ1n) is 6.49. The largest absolute Gasteiger partial charge is 0.349 e. The van der Waals surface area contributed by atoms with Crippen LogP contribution >= 0.6 is 11.3 Å². The van der Waals surface area contributed by atoms with Gasteiger partial charge in [0.15, 0.2) is 9.84 Å². The maximum atomic E-state index is 12.2. The van der Waals surface area contributed by atoms with Gasteiger partial charge >= 0.3 is 0 Å². The molecule has 1 heterocycles. The number of carbonyl (C=O) groups is 1. The summed E-state index contributed by atoms with van der Waals surface area (Å²) in [5, 5.41) is 4.89. The smallest absolute Gasteiger partial charge is 0.251 e. The van der Waals surface area contributed by atoms with E-state index >= 15 is 0 Å². The molecule has 0 radical (unpaired) electrons. The standard InChI is InChI=1S/C15H17NO3S2/c1-11(9-13-6-4-8-20-13)16-15(17)12-5-3-7-14(10-12)21(2,18)19/h3-8,10-11H,9H2,1-2H3,(H,16,17)/t11-/m1/s1. The molecule has 0 aliphatic carbocycles. The average molecular weight is 323 g/mol. The lowest BCUT2D eigenvalue weighted by Crippen LogP contribution is -2.33. The number of rotatable bonds is 5. The van der Waals surface area contributed by atoms with Crippen LogP contribution in [0.5, 0.6) is 0 Å². The maximum Gasteiger partial charge on any atom is 0.251 e. The maximum absolute atomic E-state index is 12.2. The molecule has 0 fully saturated rings. The Hall–Kier alpha value is -1.66. The van der Waals surface area contributed by atoms with Crippen LogP contribution in [0.4, 0.5) is 0 Å². The van der Waals surface area contributed by atoms with Gasteiger partial charge in [-0.25, -0.2) is 8.42 Å². The van der Waals surface area contributed by atoms with Crippen LogP contribution in [0.2, 0.25) is 0 Å². The van der Waals surface area contributed by atoms with Gasteiger partial charge in [-0.15, -0.1) is 11.3 Å². The second kappa shape index (κ2) is 6.41. The van der Waals surface area contributed by atoms with Crippen LogP contribution in [-0.4, -0.2) is 26.6 Å². The molecule has 21 heavy (non-hydrogen) atoms. The minimum absolute atomic E-state index is 0.0157. The van der Waals surface area contributed by atoms with Gasteiger partial charge in [-0.1, -0.05) is 12.1 Å². The Bertz CT molecular complexity index is 721. The molecular formula is C15H17NO3S2. The molecule has 6 heteroatoms. The fourth-order valence-corrected chi connectivity index (χ4v) is 3.46. The molecule has 1 aromatic heterocycles. The van der Waals surface area contributed by atoms with Crippen molar-refractivity contribution in [3.63, 3.8) is 0 Å². The first-order chi connectivity index (χ1) is 9.86. The second-order valence-electron chi connectivity index (χ2n) is 4.96. The van der Waals surface area contributed by atoms with Crippen molar-refractivity contribution in [1.82, 2.24) is 5.32 Å². The van der Waals surface area contributed by atoms with E-state index in [-0.39, 0.29) is 16.8 Å². The number of hydrogen-bond donors (Lipinski definition) is 1. The number of amides is 1. The molecule has 2 aromatic rings. The highest BCUT2D eigenvalue weighted by Gasteiger charge is 2.14. The van der Waals surface area contributed by atoms with E-state index in [1.165, 1.54) is 17.0 Å². The third-order valence-corrected chi connectivity index (χ3v) is 5.00. The van der Waals surface area contributed by atoms with Gasteiger partial charge in [0, 0.05) is 29.2 Å². The van der Waals surface area contributed by atoms with Gasteiger partial charge in [0.25, 0.3) is 5.91 Å². The van der Waals surface area contributed by atoms with Crippen LogP contribution in [0, 0.1) is 0 Å². The number of nitrogens with one attached hydrogen (secondary N) is 1. The summed E-state index contributed by atoms with van der Waals surface area (Å²) < 4.78 is 23.0. The van der Waals surface area contributed by atoms with Gasteiger partial charge < -0.3 is 5.32 Å². The highest BCUT2D eigenvalue weighted by molar-refractivity contribution is 7.90. The lowest BCUT2D eigenvalue weighted by molar-refractivity contribution is 0.0940. The minimum Gasteiger partial charge on any atom is -0.349 e. The van der Waals surface area contributed by atoms with Crippen molar-refractivity contribution < 1.29 is 13.2 Å². The zero-order chi connectivity index (χ0) is 15.5. The highest BCUT2D eigenvalue weighted by atomic mass is 32.2. The van der Waals surface area contributed by atoms with Gasteiger partial charge in [-0.2, -0.15) is 0 Å². The van der Waals surface area contributed by atoms with E-state index < -0.39 is 9.84 Å². The monoisotopic (exact) mass is 323 g/mol. The number of thiophene rings is 1. The van der Waals surface area contributed by atoms with Crippen LogP contribution < -0.4 is 5.32 Å². The number of hydrogen-bond acceptors (Lipinski definition) is 4. The molecule has 2 rings (SSSR count). The van der Waals surface area contributed by atoms with E-state index in [1.54, 1.807) is 23.5 Å². The van der Waals surface area contributed by atoms with Crippen LogP contribution in [0.1, 0.15) is 22.2 Å². The van der Waals surface area contributed by atoms with Gasteiger partial charge in [0.05, 0.1) is 4.90 Å². The summed E-state index contributed by atoms with van der Waals surface area (Å²) in [5.74, 6) is -0.260. The molecular weight excluding hydrogens is 306 g/mol. The lowest BCUT2D eigenvalue weighted by atomic mass is 10.1. The van der Waals surface area contributed by atoms with Crippen LogP contribution in [0.15, 0.2) is 46.7 Å². The average Bonchev–Trinajstić information content (AvgIpc) is 2.90. The van der Waals surface area contributed by atoms with E-state index in [2.05, 4.69) is 5.32 Å². The fourth-order valence-electron chi connectivity index (χ4n) is 1.96. The lowest BCUT2D eigenvalue weighted by Gasteiger charge is -2.13. The van der Waals surface area contributed by atoms with E-state index in [0.717, 1.165) is 12.7 Å². The summed E-state index contributed by atoms with van der Waals surface area (Å²) in [6, 6.07) is 10.1. The Morgan fingerprint density at radius 1 is 1.29 bits per heavy atom. The summed E-state index contributed by atoms with van der Waals surface area (Å²) in [4.78, 5) is 13.5.